The number of benzene rings is 1. The third kappa shape index (κ3) is 6.34. The summed E-state index contributed by atoms with van der Waals surface area (Å²) >= 11 is 0. The van der Waals surface area contributed by atoms with Crippen LogP contribution >= 0.6 is 0 Å². The van der Waals surface area contributed by atoms with E-state index in [0.29, 0.717) is 17.1 Å². The fraction of sp³-hybridized carbons (Fsp3) is 0.533. The third-order valence-corrected chi connectivity index (χ3v) is 4.60. The summed E-state index contributed by atoms with van der Waals surface area (Å²) in [5.74, 6) is 0.317. The molecule has 1 rings (SSSR count). The lowest BCUT2D eigenvalue weighted by Gasteiger charge is -2.13. The SMILES string of the molecule is COC[C@@H](C)NS(=O)(=O)CCNC(=O)c1ccc(OC)c(OC)c1. The summed E-state index contributed by atoms with van der Waals surface area (Å²) in [4.78, 5) is 12.1. The fourth-order valence-electron chi connectivity index (χ4n) is 2.03. The number of methoxy groups -OCH3 is 3. The van der Waals surface area contributed by atoms with Gasteiger partial charge in [0, 0.05) is 25.3 Å². The molecule has 8 nitrogen and oxygen atoms in total. The van der Waals surface area contributed by atoms with E-state index in [0.717, 1.165) is 0 Å². The molecule has 0 aliphatic carbocycles. The molecule has 136 valence electrons. The highest BCUT2D eigenvalue weighted by atomic mass is 32.2. The molecular weight excluding hydrogens is 336 g/mol. The van der Waals surface area contributed by atoms with Crippen molar-refractivity contribution in [3.63, 3.8) is 0 Å². The summed E-state index contributed by atoms with van der Waals surface area (Å²) in [5, 5.41) is 2.56. The predicted molar refractivity (Wildman–Crippen MR) is 90.1 cm³/mol. The van der Waals surface area contributed by atoms with E-state index < -0.39 is 15.9 Å². The molecule has 0 spiro atoms. The normalized spacial score (nSPS) is 12.5. The highest BCUT2D eigenvalue weighted by Crippen LogP contribution is 2.27. The van der Waals surface area contributed by atoms with Crippen LogP contribution in [-0.2, 0) is 14.8 Å². The van der Waals surface area contributed by atoms with E-state index in [2.05, 4.69) is 10.0 Å². The Balaban J connectivity index is 2.57. The number of hydrogen-bond donors (Lipinski definition) is 2. The standard InChI is InChI=1S/C15H24N2O6S/c1-11(10-21-2)17-24(19,20)8-7-16-15(18)12-5-6-13(22-3)14(9-12)23-4/h5-6,9,11,17H,7-8,10H2,1-4H3,(H,16,18)/t11-/m1/s1. The molecular formula is C15H24N2O6S. The molecule has 0 aromatic heterocycles. The van der Waals surface area contributed by atoms with Gasteiger partial charge in [0.1, 0.15) is 0 Å². The molecule has 0 aliphatic rings. The van der Waals surface area contributed by atoms with Gasteiger partial charge in [-0.25, -0.2) is 13.1 Å². The van der Waals surface area contributed by atoms with Gasteiger partial charge in [-0.05, 0) is 25.1 Å². The van der Waals surface area contributed by atoms with Crippen LogP contribution in [0.15, 0.2) is 18.2 Å². The summed E-state index contributed by atoms with van der Waals surface area (Å²) < 4.78 is 41.3. The van der Waals surface area contributed by atoms with E-state index in [9.17, 15) is 13.2 Å². The van der Waals surface area contributed by atoms with Crippen molar-refractivity contribution >= 4 is 15.9 Å². The Bertz CT molecular complexity index is 647. The zero-order chi connectivity index (χ0) is 18.2. The molecule has 0 aliphatic heterocycles. The van der Waals surface area contributed by atoms with Gasteiger partial charge >= 0.3 is 0 Å². The summed E-state index contributed by atoms with van der Waals surface area (Å²) in [6.45, 7) is 1.96. The van der Waals surface area contributed by atoms with Gasteiger partial charge in [-0.2, -0.15) is 0 Å². The van der Waals surface area contributed by atoms with Crippen LogP contribution < -0.4 is 19.5 Å². The summed E-state index contributed by atoms with van der Waals surface area (Å²) in [6.07, 6.45) is 0. The Morgan fingerprint density at radius 1 is 1.17 bits per heavy atom. The van der Waals surface area contributed by atoms with Crippen LogP contribution in [0.25, 0.3) is 0 Å². The number of rotatable bonds is 10. The molecule has 1 aromatic carbocycles. The molecule has 0 unspecified atom stereocenters. The third-order valence-electron chi connectivity index (χ3n) is 3.10. The first-order valence-electron chi connectivity index (χ1n) is 7.32. The van der Waals surface area contributed by atoms with Crippen LogP contribution in [0.4, 0.5) is 0 Å². The van der Waals surface area contributed by atoms with Crippen molar-refractivity contribution in [3.05, 3.63) is 23.8 Å². The second-order valence-electron chi connectivity index (χ2n) is 5.12. The minimum absolute atomic E-state index is 0.0117. The van der Waals surface area contributed by atoms with E-state index >= 15 is 0 Å². The van der Waals surface area contributed by atoms with Crippen LogP contribution in [0.5, 0.6) is 11.5 Å². The maximum atomic E-state index is 12.1. The smallest absolute Gasteiger partial charge is 0.251 e. The lowest BCUT2D eigenvalue weighted by atomic mass is 10.2. The van der Waals surface area contributed by atoms with Crippen molar-refractivity contribution in [2.75, 3.05) is 40.2 Å². The topological polar surface area (TPSA) is 103 Å². The lowest BCUT2D eigenvalue weighted by molar-refractivity contribution is 0.0955. The first-order valence-corrected chi connectivity index (χ1v) is 8.97. The summed E-state index contributed by atoms with van der Waals surface area (Å²) in [6, 6.07) is 4.38. The Labute approximate surface area is 142 Å². The van der Waals surface area contributed by atoms with E-state index in [1.54, 1.807) is 19.1 Å². The van der Waals surface area contributed by atoms with E-state index in [1.807, 2.05) is 0 Å². The number of sulfonamides is 1. The monoisotopic (exact) mass is 360 g/mol. The number of ether oxygens (including phenoxy) is 3. The molecule has 24 heavy (non-hydrogen) atoms. The maximum absolute atomic E-state index is 12.1. The Morgan fingerprint density at radius 3 is 2.42 bits per heavy atom. The molecule has 1 aromatic rings. The summed E-state index contributed by atoms with van der Waals surface area (Å²) in [5.41, 5.74) is 0.353. The van der Waals surface area contributed by atoms with Gasteiger partial charge in [0.05, 0.1) is 26.6 Å². The van der Waals surface area contributed by atoms with Crippen molar-refractivity contribution in [1.82, 2.24) is 10.0 Å². The molecule has 0 saturated carbocycles. The minimum atomic E-state index is -3.49. The quantitative estimate of drug-likeness (QED) is 0.626. The second-order valence-corrected chi connectivity index (χ2v) is 6.99. The first-order chi connectivity index (χ1) is 11.3. The number of carbonyl (C=O) groups is 1. The van der Waals surface area contributed by atoms with Crippen LogP contribution in [0.3, 0.4) is 0 Å². The molecule has 2 N–H and O–H groups in total. The van der Waals surface area contributed by atoms with Crippen LogP contribution in [0.2, 0.25) is 0 Å². The summed E-state index contributed by atoms with van der Waals surface area (Å²) in [7, 11) is 0.972. The lowest BCUT2D eigenvalue weighted by Crippen LogP contribution is -2.40. The molecule has 9 heteroatoms. The van der Waals surface area contributed by atoms with Crippen molar-refractivity contribution in [2.24, 2.45) is 0 Å². The van der Waals surface area contributed by atoms with E-state index in [-0.39, 0.29) is 24.9 Å². The fourth-order valence-corrected chi connectivity index (χ4v) is 3.20. The second kappa shape index (κ2) is 9.45. The maximum Gasteiger partial charge on any atom is 0.251 e. The molecule has 0 heterocycles. The number of amides is 1. The van der Waals surface area contributed by atoms with Crippen molar-refractivity contribution in [2.45, 2.75) is 13.0 Å². The zero-order valence-corrected chi connectivity index (χ0v) is 15.1. The minimum Gasteiger partial charge on any atom is -0.493 e. The molecule has 1 atom stereocenters. The van der Waals surface area contributed by atoms with Gasteiger partial charge in [0.2, 0.25) is 10.0 Å². The zero-order valence-electron chi connectivity index (χ0n) is 14.3. The highest BCUT2D eigenvalue weighted by molar-refractivity contribution is 7.89. The van der Waals surface area contributed by atoms with Gasteiger partial charge in [-0.1, -0.05) is 0 Å². The number of nitrogens with one attached hydrogen (secondary N) is 2. The average Bonchev–Trinajstić information content (AvgIpc) is 2.53. The molecule has 0 fully saturated rings. The van der Waals surface area contributed by atoms with Gasteiger partial charge in [-0.3, -0.25) is 4.79 Å². The Hall–Kier alpha value is -1.84. The van der Waals surface area contributed by atoms with E-state index in [4.69, 9.17) is 14.2 Å². The number of hydrogen-bond acceptors (Lipinski definition) is 6. The molecule has 0 bridgehead atoms. The Kier molecular flexibility index (Phi) is 7.96. The molecule has 1 amide bonds. The largest absolute Gasteiger partial charge is 0.493 e. The van der Waals surface area contributed by atoms with E-state index in [1.165, 1.54) is 27.4 Å². The predicted octanol–water partition coefficient (Wildman–Crippen LogP) is 0.388. The van der Waals surface area contributed by atoms with Gasteiger partial charge in [0.25, 0.3) is 5.91 Å². The van der Waals surface area contributed by atoms with Crippen molar-refractivity contribution in [3.8, 4) is 11.5 Å². The highest BCUT2D eigenvalue weighted by Gasteiger charge is 2.15. The van der Waals surface area contributed by atoms with Crippen molar-refractivity contribution < 1.29 is 27.4 Å². The average molecular weight is 360 g/mol. The molecule has 0 radical (unpaired) electrons. The van der Waals surface area contributed by atoms with Crippen LogP contribution in [0.1, 0.15) is 17.3 Å². The van der Waals surface area contributed by atoms with Crippen LogP contribution in [0, 0.1) is 0 Å². The first kappa shape index (κ1) is 20.2. The van der Waals surface area contributed by atoms with Gasteiger partial charge in [-0.15, -0.1) is 0 Å². The van der Waals surface area contributed by atoms with Gasteiger partial charge in [0.15, 0.2) is 11.5 Å². The van der Waals surface area contributed by atoms with Gasteiger partial charge < -0.3 is 19.5 Å². The van der Waals surface area contributed by atoms with Crippen LogP contribution in [-0.4, -0.2) is 60.6 Å². The van der Waals surface area contributed by atoms with Crippen molar-refractivity contribution in [1.29, 1.82) is 0 Å². The Morgan fingerprint density at radius 2 is 1.83 bits per heavy atom. The molecule has 0 saturated heterocycles. The number of carbonyl (C=O) groups excluding carboxylic acids is 1.